The van der Waals surface area contributed by atoms with E-state index in [9.17, 15) is 14.9 Å². The first-order valence-electron chi connectivity index (χ1n) is 9.30. The van der Waals surface area contributed by atoms with Crippen LogP contribution >= 0.6 is 0 Å². The number of carbonyl (C=O) groups excluding carboxylic acids is 1. The van der Waals surface area contributed by atoms with Gasteiger partial charge in [-0.05, 0) is 41.3 Å². The van der Waals surface area contributed by atoms with Gasteiger partial charge in [0.15, 0.2) is 0 Å². The van der Waals surface area contributed by atoms with Crippen LogP contribution in [0.5, 0.6) is 0 Å². The third-order valence-corrected chi connectivity index (χ3v) is 5.09. The van der Waals surface area contributed by atoms with E-state index in [4.69, 9.17) is 4.74 Å². The van der Waals surface area contributed by atoms with Gasteiger partial charge in [0.05, 0.1) is 10.5 Å². The van der Waals surface area contributed by atoms with Gasteiger partial charge in [0, 0.05) is 19.2 Å². The molecule has 0 amide bonds. The highest BCUT2D eigenvalue weighted by atomic mass is 16.6. The van der Waals surface area contributed by atoms with Crippen LogP contribution in [0.4, 0.5) is 11.4 Å². The van der Waals surface area contributed by atoms with E-state index in [-0.39, 0.29) is 17.9 Å². The van der Waals surface area contributed by atoms with Gasteiger partial charge in [-0.3, -0.25) is 10.1 Å². The summed E-state index contributed by atoms with van der Waals surface area (Å²) >= 11 is 0. The summed E-state index contributed by atoms with van der Waals surface area (Å²) in [5.74, 6) is -0.566. The molecule has 0 radical (unpaired) electrons. The minimum absolute atomic E-state index is 0.0542. The number of benzene rings is 3. The molecule has 1 saturated heterocycles. The predicted octanol–water partition coefficient (Wildman–Crippen LogP) is 4.71. The average molecular weight is 376 g/mol. The molecule has 0 aromatic heterocycles. The maximum atomic E-state index is 12.5. The normalized spacial score (nSPS) is 13.6. The SMILES string of the molecule is O=C(OCc1cccc2ccccc12)c1ccc(N2CCCC2)c([N+](=O)[O-])c1. The van der Waals surface area contributed by atoms with E-state index in [1.54, 1.807) is 12.1 Å². The molecule has 0 bridgehead atoms. The lowest BCUT2D eigenvalue weighted by Crippen LogP contribution is -2.19. The number of nitro benzene ring substituents is 1. The lowest BCUT2D eigenvalue weighted by molar-refractivity contribution is -0.384. The molecule has 1 fully saturated rings. The van der Waals surface area contributed by atoms with Gasteiger partial charge in [-0.1, -0.05) is 42.5 Å². The van der Waals surface area contributed by atoms with Crippen molar-refractivity contribution in [1.82, 2.24) is 0 Å². The Morgan fingerprint density at radius 1 is 1.04 bits per heavy atom. The standard InChI is InChI=1S/C22H20N2O4/c25-22(28-15-18-8-5-7-16-6-1-2-9-19(16)18)17-10-11-20(21(14-17)24(26)27)23-12-3-4-13-23/h1-2,5-11,14H,3-4,12-13,15H2. The van der Waals surface area contributed by atoms with Crippen LogP contribution in [0, 0.1) is 10.1 Å². The van der Waals surface area contributed by atoms with Gasteiger partial charge >= 0.3 is 5.97 Å². The fourth-order valence-electron chi connectivity index (χ4n) is 3.67. The zero-order chi connectivity index (χ0) is 19.5. The van der Waals surface area contributed by atoms with Crippen molar-refractivity contribution in [2.75, 3.05) is 18.0 Å². The van der Waals surface area contributed by atoms with Crippen molar-refractivity contribution in [3.8, 4) is 0 Å². The molecule has 0 saturated carbocycles. The number of carbonyl (C=O) groups is 1. The van der Waals surface area contributed by atoms with Crippen molar-refractivity contribution in [3.05, 3.63) is 81.9 Å². The van der Waals surface area contributed by atoms with E-state index in [2.05, 4.69) is 0 Å². The summed E-state index contributed by atoms with van der Waals surface area (Å²) in [7, 11) is 0. The van der Waals surface area contributed by atoms with Crippen molar-refractivity contribution >= 4 is 28.1 Å². The Morgan fingerprint density at radius 2 is 1.79 bits per heavy atom. The van der Waals surface area contributed by atoms with Crippen LogP contribution in [-0.2, 0) is 11.3 Å². The van der Waals surface area contributed by atoms with E-state index in [1.165, 1.54) is 6.07 Å². The lowest BCUT2D eigenvalue weighted by Gasteiger charge is -2.17. The Morgan fingerprint density at radius 3 is 2.57 bits per heavy atom. The van der Waals surface area contributed by atoms with Crippen LogP contribution in [0.15, 0.2) is 60.7 Å². The number of anilines is 1. The highest BCUT2D eigenvalue weighted by molar-refractivity contribution is 5.92. The number of rotatable bonds is 5. The Labute approximate surface area is 162 Å². The topological polar surface area (TPSA) is 72.7 Å². The third-order valence-electron chi connectivity index (χ3n) is 5.09. The number of hydrogen-bond acceptors (Lipinski definition) is 5. The van der Waals surface area contributed by atoms with Gasteiger partial charge in [0.1, 0.15) is 12.3 Å². The molecule has 0 unspecified atom stereocenters. The minimum atomic E-state index is -0.566. The van der Waals surface area contributed by atoms with Crippen LogP contribution < -0.4 is 4.90 Å². The van der Waals surface area contributed by atoms with Crippen molar-refractivity contribution in [1.29, 1.82) is 0 Å². The van der Waals surface area contributed by atoms with E-state index in [0.29, 0.717) is 5.69 Å². The highest BCUT2D eigenvalue weighted by Gasteiger charge is 2.24. The largest absolute Gasteiger partial charge is 0.457 e. The highest BCUT2D eigenvalue weighted by Crippen LogP contribution is 2.32. The van der Waals surface area contributed by atoms with Crippen LogP contribution in [0.3, 0.4) is 0 Å². The molecule has 1 heterocycles. The number of nitro groups is 1. The Kier molecular flexibility index (Phi) is 4.93. The van der Waals surface area contributed by atoms with Crippen molar-refractivity contribution in [3.63, 3.8) is 0 Å². The molecule has 1 aliphatic rings. The molecule has 0 spiro atoms. The van der Waals surface area contributed by atoms with Crippen LogP contribution in [0.2, 0.25) is 0 Å². The molecule has 0 atom stereocenters. The second-order valence-electron chi connectivity index (χ2n) is 6.87. The Bertz CT molecular complexity index is 1040. The smallest absolute Gasteiger partial charge is 0.338 e. The molecule has 4 rings (SSSR count). The number of esters is 1. The van der Waals surface area contributed by atoms with Crippen LogP contribution in [0.25, 0.3) is 10.8 Å². The quantitative estimate of drug-likeness (QED) is 0.366. The maximum absolute atomic E-state index is 12.5. The second-order valence-corrected chi connectivity index (χ2v) is 6.87. The van der Waals surface area contributed by atoms with Crippen molar-refractivity contribution in [2.45, 2.75) is 19.4 Å². The zero-order valence-electron chi connectivity index (χ0n) is 15.3. The average Bonchev–Trinajstić information content (AvgIpc) is 3.26. The van der Waals surface area contributed by atoms with Crippen LogP contribution in [0.1, 0.15) is 28.8 Å². The van der Waals surface area contributed by atoms with Gasteiger partial charge in [0.2, 0.25) is 0 Å². The molecule has 3 aromatic rings. The van der Waals surface area contributed by atoms with Gasteiger partial charge in [-0.2, -0.15) is 0 Å². The molecular formula is C22H20N2O4. The summed E-state index contributed by atoms with van der Waals surface area (Å²) in [5, 5.41) is 13.6. The molecule has 6 heteroatoms. The molecule has 142 valence electrons. The summed E-state index contributed by atoms with van der Waals surface area (Å²) < 4.78 is 5.45. The number of ether oxygens (including phenoxy) is 1. The van der Waals surface area contributed by atoms with Gasteiger partial charge in [-0.25, -0.2) is 4.79 Å². The first-order valence-corrected chi connectivity index (χ1v) is 9.30. The fraction of sp³-hybridized carbons (Fsp3) is 0.227. The predicted molar refractivity (Wildman–Crippen MR) is 108 cm³/mol. The summed E-state index contributed by atoms with van der Waals surface area (Å²) in [4.78, 5) is 25.6. The number of nitrogens with zero attached hydrogens (tertiary/aromatic N) is 2. The minimum Gasteiger partial charge on any atom is -0.457 e. The lowest BCUT2D eigenvalue weighted by atomic mass is 10.1. The Balaban J connectivity index is 1.54. The number of hydrogen-bond donors (Lipinski definition) is 0. The summed E-state index contributed by atoms with van der Waals surface area (Å²) in [6, 6.07) is 18.3. The number of fused-ring (bicyclic) bond motifs is 1. The molecule has 0 N–H and O–H groups in total. The molecular weight excluding hydrogens is 356 g/mol. The first kappa shape index (κ1) is 18.0. The molecule has 0 aliphatic carbocycles. The zero-order valence-corrected chi connectivity index (χ0v) is 15.3. The van der Waals surface area contributed by atoms with Crippen molar-refractivity contribution < 1.29 is 14.5 Å². The van der Waals surface area contributed by atoms with E-state index in [0.717, 1.165) is 42.3 Å². The van der Waals surface area contributed by atoms with Gasteiger partial charge in [0.25, 0.3) is 5.69 Å². The monoisotopic (exact) mass is 376 g/mol. The Hall–Kier alpha value is -3.41. The van der Waals surface area contributed by atoms with E-state index in [1.807, 2.05) is 47.4 Å². The van der Waals surface area contributed by atoms with E-state index < -0.39 is 10.9 Å². The summed E-state index contributed by atoms with van der Waals surface area (Å²) in [6.07, 6.45) is 2.04. The third kappa shape index (κ3) is 3.53. The first-order chi connectivity index (χ1) is 13.6. The maximum Gasteiger partial charge on any atom is 0.338 e. The van der Waals surface area contributed by atoms with E-state index >= 15 is 0 Å². The van der Waals surface area contributed by atoms with Gasteiger partial charge in [-0.15, -0.1) is 0 Å². The van der Waals surface area contributed by atoms with Gasteiger partial charge < -0.3 is 9.64 Å². The van der Waals surface area contributed by atoms with Crippen LogP contribution in [-0.4, -0.2) is 24.0 Å². The summed E-state index contributed by atoms with van der Waals surface area (Å²) in [5.41, 5.74) is 1.60. The second kappa shape index (κ2) is 7.68. The molecule has 28 heavy (non-hydrogen) atoms. The molecule has 6 nitrogen and oxygen atoms in total. The molecule has 1 aliphatic heterocycles. The fourth-order valence-corrected chi connectivity index (χ4v) is 3.67. The summed E-state index contributed by atoms with van der Waals surface area (Å²) in [6.45, 7) is 1.71. The van der Waals surface area contributed by atoms with Crippen molar-refractivity contribution in [2.24, 2.45) is 0 Å². The molecule has 3 aromatic carbocycles.